The van der Waals surface area contributed by atoms with Gasteiger partial charge in [0.05, 0.1) is 37.3 Å². The number of morpholine rings is 1. The van der Waals surface area contributed by atoms with Gasteiger partial charge in [-0.15, -0.1) is 0 Å². The summed E-state index contributed by atoms with van der Waals surface area (Å²) < 4.78 is 10.6. The molecular formula is C22H24N4O5. The molecule has 0 bridgehead atoms. The summed E-state index contributed by atoms with van der Waals surface area (Å²) in [5, 5.41) is 6.28. The minimum absolute atomic E-state index is 0.229. The minimum atomic E-state index is -0.948. The molecule has 0 unspecified atom stereocenters. The molecule has 9 nitrogen and oxygen atoms in total. The third-order valence-corrected chi connectivity index (χ3v) is 4.48. The molecule has 1 aliphatic heterocycles. The van der Waals surface area contributed by atoms with E-state index in [1.54, 1.807) is 53.4 Å². The van der Waals surface area contributed by atoms with Crippen LogP contribution in [0.25, 0.3) is 0 Å². The van der Waals surface area contributed by atoms with Gasteiger partial charge >= 0.3 is 11.8 Å². The Morgan fingerprint density at radius 2 is 1.77 bits per heavy atom. The zero-order valence-corrected chi connectivity index (χ0v) is 17.2. The molecule has 1 fully saturated rings. The van der Waals surface area contributed by atoms with Gasteiger partial charge in [-0.3, -0.25) is 14.4 Å². The van der Waals surface area contributed by atoms with Crippen LogP contribution >= 0.6 is 0 Å². The Morgan fingerprint density at radius 1 is 1.06 bits per heavy atom. The first-order chi connectivity index (χ1) is 15.1. The summed E-state index contributed by atoms with van der Waals surface area (Å²) in [6, 6.07) is 13.7. The molecule has 31 heavy (non-hydrogen) atoms. The normalized spacial score (nSPS) is 13.6. The van der Waals surface area contributed by atoms with Crippen molar-refractivity contribution in [1.82, 2.24) is 10.3 Å². The molecule has 3 rings (SSSR count). The van der Waals surface area contributed by atoms with Crippen LogP contribution in [-0.4, -0.2) is 61.7 Å². The van der Waals surface area contributed by atoms with Gasteiger partial charge < -0.3 is 19.7 Å². The van der Waals surface area contributed by atoms with Gasteiger partial charge in [0.15, 0.2) is 0 Å². The Labute approximate surface area is 180 Å². The molecule has 0 aliphatic carbocycles. The van der Waals surface area contributed by atoms with Crippen molar-refractivity contribution in [2.45, 2.75) is 6.92 Å². The molecule has 1 aliphatic rings. The summed E-state index contributed by atoms with van der Waals surface area (Å²) in [6.45, 7) is 4.35. The molecule has 3 amide bonds. The number of hydrogen-bond acceptors (Lipinski definition) is 6. The van der Waals surface area contributed by atoms with E-state index in [0.29, 0.717) is 38.5 Å². The number of hydrazone groups is 1. The van der Waals surface area contributed by atoms with E-state index >= 15 is 0 Å². The fourth-order valence-electron chi connectivity index (χ4n) is 2.93. The van der Waals surface area contributed by atoms with Crippen LogP contribution in [0.15, 0.2) is 53.6 Å². The van der Waals surface area contributed by atoms with E-state index in [9.17, 15) is 14.4 Å². The van der Waals surface area contributed by atoms with Gasteiger partial charge in [-0.1, -0.05) is 12.1 Å². The van der Waals surface area contributed by atoms with Crippen molar-refractivity contribution in [3.05, 3.63) is 59.7 Å². The number of hydrogen-bond donors (Lipinski definition) is 2. The summed E-state index contributed by atoms with van der Waals surface area (Å²) in [7, 11) is 0. The lowest BCUT2D eigenvalue weighted by Gasteiger charge is -2.27. The second-order valence-electron chi connectivity index (χ2n) is 6.61. The van der Waals surface area contributed by atoms with Crippen LogP contribution in [0.4, 0.5) is 5.69 Å². The number of carbonyl (C=O) groups excluding carboxylic acids is 3. The van der Waals surface area contributed by atoms with E-state index in [1.807, 2.05) is 6.92 Å². The maximum Gasteiger partial charge on any atom is 0.329 e. The van der Waals surface area contributed by atoms with Crippen molar-refractivity contribution < 1.29 is 23.9 Å². The highest BCUT2D eigenvalue weighted by Gasteiger charge is 2.22. The first-order valence-electron chi connectivity index (χ1n) is 9.91. The Kier molecular flexibility index (Phi) is 7.72. The van der Waals surface area contributed by atoms with Crippen molar-refractivity contribution in [1.29, 1.82) is 0 Å². The van der Waals surface area contributed by atoms with Crippen molar-refractivity contribution in [2.75, 3.05) is 38.2 Å². The molecule has 0 spiro atoms. The van der Waals surface area contributed by atoms with Gasteiger partial charge in [-0.2, -0.15) is 5.10 Å². The molecule has 162 valence electrons. The monoisotopic (exact) mass is 424 g/mol. The van der Waals surface area contributed by atoms with Crippen molar-refractivity contribution in [3.63, 3.8) is 0 Å². The predicted octanol–water partition coefficient (Wildman–Crippen LogP) is 1.65. The third kappa shape index (κ3) is 6.13. The van der Waals surface area contributed by atoms with Crippen LogP contribution in [0.2, 0.25) is 0 Å². The Morgan fingerprint density at radius 3 is 2.48 bits per heavy atom. The number of amides is 3. The molecule has 0 saturated carbocycles. The number of benzene rings is 2. The predicted molar refractivity (Wildman–Crippen MR) is 115 cm³/mol. The van der Waals surface area contributed by atoms with Crippen LogP contribution in [-0.2, 0) is 14.3 Å². The fourth-order valence-corrected chi connectivity index (χ4v) is 2.93. The lowest BCUT2D eigenvalue weighted by atomic mass is 10.1. The molecule has 0 radical (unpaired) electrons. The van der Waals surface area contributed by atoms with E-state index in [1.165, 1.54) is 6.21 Å². The van der Waals surface area contributed by atoms with Crippen LogP contribution in [0.3, 0.4) is 0 Å². The van der Waals surface area contributed by atoms with E-state index in [0.717, 1.165) is 11.3 Å². The molecule has 2 aromatic rings. The van der Waals surface area contributed by atoms with Crippen LogP contribution < -0.4 is 15.5 Å². The van der Waals surface area contributed by atoms with E-state index in [4.69, 9.17) is 9.47 Å². The highest BCUT2D eigenvalue weighted by Crippen LogP contribution is 2.18. The van der Waals surface area contributed by atoms with Gasteiger partial charge in [0.25, 0.3) is 5.91 Å². The van der Waals surface area contributed by atoms with Crippen molar-refractivity contribution in [2.24, 2.45) is 5.10 Å². The first kappa shape index (κ1) is 22.0. The molecule has 9 heteroatoms. The number of ether oxygens (including phenoxy) is 2. The second-order valence-corrected chi connectivity index (χ2v) is 6.61. The zero-order valence-electron chi connectivity index (χ0n) is 17.2. The average Bonchev–Trinajstić information content (AvgIpc) is 2.81. The van der Waals surface area contributed by atoms with Gasteiger partial charge in [0.1, 0.15) is 5.75 Å². The summed E-state index contributed by atoms with van der Waals surface area (Å²) in [5.41, 5.74) is 3.47. The van der Waals surface area contributed by atoms with E-state index in [2.05, 4.69) is 15.8 Å². The van der Waals surface area contributed by atoms with Gasteiger partial charge in [-0.25, -0.2) is 5.43 Å². The number of para-hydroxylation sites is 1. The Hall–Kier alpha value is -3.72. The van der Waals surface area contributed by atoms with E-state index < -0.39 is 11.8 Å². The van der Waals surface area contributed by atoms with E-state index in [-0.39, 0.29) is 11.6 Å². The highest BCUT2D eigenvalue weighted by atomic mass is 16.5. The maximum absolute atomic E-state index is 12.8. The lowest BCUT2D eigenvalue weighted by Crippen LogP contribution is -2.41. The highest BCUT2D eigenvalue weighted by molar-refractivity contribution is 6.40. The summed E-state index contributed by atoms with van der Waals surface area (Å²) >= 11 is 0. The van der Waals surface area contributed by atoms with Crippen molar-refractivity contribution >= 4 is 29.6 Å². The van der Waals surface area contributed by atoms with Crippen LogP contribution in [0.5, 0.6) is 5.75 Å². The number of nitrogens with one attached hydrogen (secondary N) is 2. The Bertz CT molecular complexity index is 953. The third-order valence-electron chi connectivity index (χ3n) is 4.48. The molecule has 0 aromatic heterocycles. The van der Waals surface area contributed by atoms with Gasteiger partial charge in [-0.05, 0) is 48.9 Å². The largest absolute Gasteiger partial charge is 0.494 e. The fraction of sp³-hybridized carbons (Fsp3) is 0.273. The molecule has 2 aromatic carbocycles. The van der Waals surface area contributed by atoms with Gasteiger partial charge in [0, 0.05) is 13.1 Å². The molecular weight excluding hydrogens is 400 g/mol. The lowest BCUT2D eigenvalue weighted by molar-refractivity contribution is -0.136. The first-order valence-corrected chi connectivity index (χ1v) is 9.91. The Balaban J connectivity index is 1.58. The number of rotatable bonds is 6. The van der Waals surface area contributed by atoms with Crippen LogP contribution in [0.1, 0.15) is 22.8 Å². The SMILES string of the molecule is CCOc1ccc(/C=N/NC(=O)C(=O)Nc2ccccc2C(=O)N2CCOCC2)cc1. The summed E-state index contributed by atoms with van der Waals surface area (Å²) in [4.78, 5) is 38.8. The van der Waals surface area contributed by atoms with Crippen molar-refractivity contribution in [3.8, 4) is 5.75 Å². The molecule has 0 atom stereocenters. The summed E-state index contributed by atoms with van der Waals surface area (Å²) in [5.74, 6) is -1.37. The zero-order chi connectivity index (χ0) is 22.1. The standard InChI is InChI=1S/C22H24N4O5/c1-2-31-17-9-7-16(8-10-17)15-23-25-21(28)20(27)24-19-6-4-3-5-18(19)22(29)26-11-13-30-14-12-26/h3-10,15H,2,11-14H2,1H3,(H,24,27)(H,25,28)/b23-15+. The van der Waals surface area contributed by atoms with Gasteiger partial charge in [0.2, 0.25) is 0 Å². The smallest absolute Gasteiger partial charge is 0.329 e. The minimum Gasteiger partial charge on any atom is -0.494 e. The summed E-state index contributed by atoms with van der Waals surface area (Å²) in [6.07, 6.45) is 1.41. The topological polar surface area (TPSA) is 109 Å². The molecule has 1 heterocycles. The molecule has 1 saturated heterocycles. The van der Waals surface area contributed by atoms with Crippen LogP contribution in [0, 0.1) is 0 Å². The average molecular weight is 424 g/mol. The maximum atomic E-state index is 12.8. The quantitative estimate of drug-likeness (QED) is 0.416. The second kappa shape index (κ2) is 10.9. The number of anilines is 1. The number of carbonyl (C=O) groups is 3. The number of nitrogens with zero attached hydrogens (tertiary/aromatic N) is 2. The molecule has 2 N–H and O–H groups in total.